The van der Waals surface area contributed by atoms with Crippen LogP contribution in [0.3, 0.4) is 0 Å². The maximum atomic E-state index is 12.1. The first kappa shape index (κ1) is 39.4. The average Bonchev–Trinajstić information content (AvgIpc) is 3.22. The molecule has 0 fully saturated rings. The van der Waals surface area contributed by atoms with Crippen LogP contribution < -0.4 is 11.7 Å². The minimum atomic E-state index is -0.364. The van der Waals surface area contributed by atoms with Gasteiger partial charge < -0.3 is 20.5 Å². The number of benzene rings is 1. The largest absolute Gasteiger partial charge is 0.494 e. The molecular formula is C38H55ClFN5O2. The molecule has 4 rings (SSSR count). The summed E-state index contributed by atoms with van der Waals surface area (Å²) in [5, 5.41) is 3.42. The van der Waals surface area contributed by atoms with Gasteiger partial charge in [-0.3, -0.25) is 9.47 Å². The lowest BCUT2D eigenvalue weighted by atomic mass is 9.91. The van der Waals surface area contributed by atoms with Crippen LogP contribution in [0.1, 0.15) is 84.5 Å². The Morgan fingerprint density at radius 2 is 2.04 bits per heavy atom. The van der Waals surface area contributed by atoms with Crippen LogP contribution in [0.2, 0.25) is 5.02 Å². The van der Waals surface area contributed by atoms with Crippen molar-refractivity contribution in [1.29, 1.82) is 0 Å². The van der Waals surface area contributed by atoms with Crippen LogP contribution in [0, 0.1) is 5.92 Å². The topological polar surface area (TPSA) is 89.8 Å². The molecule has 1 amide bonds. The minimum absolute atomic E-state index is 0.276. The van der Waals surface area contributed by atoms with Crippen LogP contribution >= 0.6 is 11.6 Å². The standard InChI is InChI=1S/C28H36ClN5O2.C8H13F.C2H6/c1-3-20(2)11-15-33(30)13-6-16-36-23-8-5-4-7-21(17-23)27-28-24(12-14-32(27)19-35)25-18-22(29)9-10-26(25)34(28)31;1-3-8(4-2)6-5-7-9;1-2/h4-5,8-11,15,17-20,27H,3,6-7,12-14,16,30-31H2,1-2H3;3,5-6H,4,7H2,1-2H3;1-2H3/b15-11-;6-5-,8-3-;. The van der Waals surface area contributed by atoms with Crippen molar-refractivity contribution in [2.45, 2.75) is 79.7 Å². The Kier molecular flexibility index (Phi) is 17.8. The van der Waals surface area contributed by atoms with Crippen molar-refractivity contribution >= 4 is 28.9 Å². The number of nitrogens with zero attached hydrogens (tertiary/aromatic N) is 3. The monoisotopic (exact) mass is 667 g/mol. The molecular weight excluding hydrogens is 613 g/mol. The SMILES string of the molecule is C/C=C(\C=C/CF)CC.CC.CCC(C)/C=C\N(N)CCCOC1=CC=CCC(C2c3c(c4cc(Cl)ccc4n3N)CCN2C=O)=C1. The molecule has 2 aliphatic rings. The highest BCUT2D eigenvalue weighted by Crippen LogP contribution is 2.41. The van der Waals surface area contributed by atoms with Crippen LogP contribution in [0.15, 0.2) is 89.9 Å². The van der Waals surface area contributed by atoms with Crippen molar-refractivity contribution in [2.75, 3.05) is 32.2 Å². The quantitative estimate of drug-likeness (QED) is 0.0732. The van der Waals surface area contributed by atoms with Gasteiger partial charge >= 0.3 is 0 Å². The zero-order valence-electron chi connectivity index (χ0n) is 29.1. The Labute approximate surface area is 286 Å². The van der Waals surface area contributed by atoms with E-state index in [0.717, 1.165) is 65.6 Å². The number of allylic oxidation sites excluding steroid dienone is 9. The number of hydrogen-bond acceptors (Lipinski definition) is 5. The highest BCUT2D eigenvalue weighted by molar-refractivity contribution is 6.31. The van der Waals surface area contributed by atoms with Gasteiger partial charge in [-0.2, -0.15) is 0 Å². The fraction of sp³-hybridized carbons (Fsp3) is 0.447. The Balaban J connectivity index is 0.000000605. The Hall–Kier alpha value is -3.75. The highest BCUT2D eigenvalue weighted by atomic mass is 35.5. The van der Waals surface area contributed by atoms with Crippen molar-refractivity contribution in [3.8, 4) is 0 Å². The van der Waals surface area contributed by atoms with E-state index in [0.29, 0.717) is 37.1 Å². The summed E-state index contributed by atoms with van der Waals surface area (Å²) in [6.07, 6.45) is 22.7. The van der Waals surface area contributed by atoms with E-state index in [2.05, 4.69) is 32.9 Å². The third-order valence-corrected chi connectivity index (χ3v) is 8.40. The molecule has 4 N–H and O–H groups in total. The molecule has 1 aromatic carbocycles. The zero-order chi connectivity index (χ0) is 34.8. The van der Waals surface area contributed by atoms with Crippen LogP contribution in [0.4, 0.5) is 4.39 Å². The van der Waals surface area contributed by atoms with Gasteiger partial charge in [-0.05, 0) is 73.6 Å². The lowest BCUT2D eigenvalue weighted by Crippen LogP contribution is -2.37. The molecule has 0 bridgehead atoms. The van der Waals surface area contributed by atoms with E-state index >= 15 is 0 Å². The van der Waals surface area contributed by atoms with Gasteiger partial charge in [0, 0.05) is 36.1 Å². The predicted octanol–water partition coefficient (Wildman–Crippen LogP) is 8.87. The lowest BCUT2D eigenvalue weighted by molar-refractivity contribution is -0.120. The molecule has 258 valence electrons. The van der Waals surface area contributed by atoms with E-state index in [1.165, 1.54) is 11.6 Å². The summed E-state index contributed by atoms with van der Waals surface area (Å²) in [5.74, 6) is 13.9. The summed E-state index contributed by atoms with van der Waals surface area (Å²) in [5.41, 5.74) is 5.23. The van der Waals surface area contributed by atoms with E-state index < -0.39 is 0 Å². The number of nitrogens with two attached hydrogens (primary N) is 2. The molecule has 0 saturated carbocycles. The highest BCUT2D eigenvalue weighted by Gasteiger charge is 2.34. The molecule has 47 heavy (non-hydrogen) atoms. The fourth-order valence-electron chi connectivity index (χ4n) is 5.42. The number of hydrazine groups is 1. The lowest BCUT2D eigenvalue weighted by Gasteiger charge is -2.35. The maximum absolute atomic E-state index is 12.1. The number of aromatic nitrogens is 1. The minimum Gasteiger partial charge on any atom is -0.494 e. The van der Waals surface area contributed by atoms with Crippen molar-refractivity contribution < 1.29 is 13.9 Å². The van der Waals surface area contributed by atoms with Gasteiger partial charge in [0.05, 0.1) is 23.9 Å². The van der Waals surface area contributed by atoms with Gasteiger partial charge in [-0.15, -0.1) is 0 Å². The molecule has 0 saturated heterocycles. The first-order chi connectivity index (χ1) is 22.8. The number of carbonyl (C=O) groups is 1. The first-order valence-electron chi connectivity index (χ1n) is 16.8. The van der Waals surface area contributed by atoms with Crippen molar-refractivity contribution in [2.24, 2.45) is 11.8 Å². The molecule has 0 spiro atoms. The third-order valence-electron chi connectivity index (χ3n) is 8.17. The van der Waals surface area contributed by atoms with E-state index in [-0.39, 0.29) is 12.7 Å². The smallest absolute Gasteiger partial charge is 0.210 e. The van der Waals surface area contributed by atoms with Gasteiger partial charge in [0.2, 0.25) is 6.41 Å². The summed E-state index contributed by atoms with van der Waals surface area (Å²) >= 11 is 6.29. The summed E-state index contributed by atoms with van der Waals surface area (Å²) in [6, 6.07) is 5.47. The van der Waals surface area contributed by atoms with E-state index in [9.17, 15) is 9.18 Å². The fourth-order valence-corrected chi connectivity index (χ4v) is 5.59. The molecule has 2 heterocycles. The van der Waals surface area contributed by atoms with Crippen LogP contribution in [-0.2, 0) is 16.0 Å². The molecule has 0 radical (unpaired) electrons. The van der Waals surface area contributed by atoms with Crippen LogP contribution in [0.25, 0.3) is 10.9 Å². The molecule has 7 nitrogen and oxygen atoms in total. The number of halogens is 2. The number of nitrogen functional groups attached to an aromatic ring is 1. The van der Waals surface area contributed by atoms with Crippen LogP contribution in [0.5, 0.6) is 0 Å². The second-order valence-electron chi connectivity index (χ2n) is 11.3. The van der Waals surface area contributed by atoms with Gasteiger partial charge in [0.15, 0.2) is 0 Å². The number of carbonyl (C=O) groups excluding carboxylic acids is 1. The third kappa shape index (κ3) is 11.5. The predicted molar refractivity (Wildman–Crippen MR) is 197 cm³/mol. The molecule has 1 aliphatic heterocycles. The van der Waals surface area contributed by atoms with E-state index in [1.807, 2.05) is 80.5 Å². The van der Waals surface area contributed by atoms with Crippen LogP contribution in [-0.4, -0.2) is 47.4 Å². The molecule has 1 aliphatic carbocycles. The zero-order valence-corrected chi connectivity index (χ0v) is 29.8. The summed E-state index contributed by atoms with van der Waals surface area (Å²) in [4.78, 5) is 13.9. The average molecular weight is 668 g/mol. The number of hydrogen-bond donors (Lipinski definition) is 2. The summed E-state index contributed by atoms with van der Waals surface area (Å²) < 4.78 is 19.3. The normalized spacial score (nSPS) is 16.8. The molecule has 9 heteroatoms. The number of rotatable bonds is 13. The maximum Gasteiger partial charge on any atom is 0.210 e. The summed E-state index contributed by atoms with van der Waals surface area (Å²) in [6.45, 7) is 13.8. The van der Waals surface area contributed by atoms with Crippen molar-refractivity contribution in [3.05, 3.63) is 106 Å². The Bertz CT molecular complexity index is 1460. The Morgan fingerprint density at radius 1 is 1.28 bits per heavy atom. The molecule has 1 aromatic heterocycles. The molecule has 2 atom stereocenters. The molecule has 2 aromatic rings. The second-order valence-corrected chi connectivity index (χ2v) is 11.7. The van der Waals surface area contributed by atoms with Gasteiger partial charge in [-0.1, -0.05) is 94.7 Å². The van der Waals surface area contributed by atoms with Gasteiger partial charge in [0.25, 0.3) is 0 Å². The van der Waals surface area contributed by atoms with Gasteiger partial charge in [-0.25, -0.2) is 10.2 Å². The molecule has 2 unspecified atom stereocenters. The van der Waals surface area contributed by atoms with Crippen molar-refractivity contribution in [3.63, 3.8) is 0 Å². The second kappa shape index (κ2) is 21.2. The van der Waals surface area contributed by atoms with E-state index in [1.54, 1.807) is 9.69 Å². The van der Waals surface area contributed by atoms with Crippen molar-refractivity contribution in [1.82, 2.24) is 14.6 Å². The number of alkyl halides is 1. The summed E-state index contributed by atoms with van der Waals surface area (Å²) in [7, 11) is 0. The number of fused-ring (bicyclic) bond motifs is 3. The first-order valence-corrected chi connectivity index (χ1v) is 17.2. The van der Waals surface area contributed by atoms with E-state index in [4.69, 9.17) is 28.0 Å². The van der Waals surface area contributed by atoms with Gasteiger partial charge in [0.1, 0.15) is 12.4 Å². The number of amides is 1. The Morgan fingerprint density at radius 3 is 2.70 bits per heavy atom. The number of ether oxygens (including phenoxy) is 1.